The van der Waals surface area contributed by atoms with Crippen LogP contribution in [-0.2, 0) is 5.41 Å². The van der Waals surface area contributed by atoms with E-state index in [-0.39, 0.29) is 0 Å². The van der Waals surface area contributed by atoms with Gasteiger partial charge in [-0.1, -0.05) is 279 Å². The highest BCUT2D eigenvalue weighted by Gasteiger charge is 2.47. The molecule has 1 nitrogen and oxygen atoms in total. The molecule has 0 radical (unpaired) electrons. The average molecular weight is 966 g/mol. The highest BCUT2D eigenvalue weighted by Crippen LogP contribution is 2.59. The Balaban J connectivity index is 1.04. The van der Waals surface area contributed by atoms with Crippen molar-refractivity contribution in [3.8, 4) is 66.8 Å². The number of hydrogen-bond donors (Lipinski definition) is 0. The summed E-state index contributed by atoms with van der Waals surface area (Å²) in [5.41, 5.74) is 22.0. The van der Waals surface area contributed by atoms with E-state index in [1.807, 2.05) is 0 Å². The van der Waals surface area contributed by atoms with Crippen LogP contribution < -0.4 is 4.90 Å². The molecule has 1 aliphatic carbocycles. The number of fused-ring (bicyclic) bond motifs is 6. The summed E-state index contributed by atoms with van der Waals surface area (Å²) in [4.78, 5) is 2.55. The molecule has 0 aromatic heterocycles. The fraction of sp³-hybridized carbons (Fsp3) is 0.0133. The van der Waals surface area contributed by atoms with E-state index in [0.717, 1.165) is 28.2 Å². The van der Waals surface area contributed by atoms with E-state index in [1.54, 1.807) is 0 Å². The summed E-state index contributed by atoms with van der Waals surface area (Å²) in [7, 11) is 0. The summed E-state index contributed by atoms with van der Waals surface area (Å²) in [6.07, 6.45) is 0. The van der Waals surface area contributed by atoms with Crippen molar-refractivity contribution < 1.29 is 0 Å². The van der Waals surface area contributed by atoms with Crippen LogP contribution in [0.25, 0.3) is 88.3 Å². The smallest absolute Gasteiger partial charge is 0.0714 e. The van der Waals surface area contributed by atoms with Gasteiger partial charge >= 0.3 is 0 Å². The van der Waals surface area contributed by atoms with Crippen molar-refractivity contribution in [3.63, 3.8) is 0 Å². The zero-order chi connectivity index (χ0) is 50.4. The molecule has 1 heteroatoms. The van der Waals surface area contributed by atoms with Crippen LogP contribution in [0.5, 0.6) is 0 Å². The molecule has 0 N–H and O–H groups in total. The lowest BCUT2D eigenvalue weighted by atomic mass is 9.67. The van der Waals surface area contributed by atoms with Gasteiger partial charge in [-0.25, -0.2) is 0 Å². The summed E-state index contributed by atoms with van der Waals surface area (Å²) in [6.45, 7) is 0. The van der Waals surface area contributed by atoms with Gasteiger partial charge in [-0.15, -0.1) is 0 Å². The van der Waals surface area contributed by atoms with Gasteiger partial charge in [0, 0.05) is 22.3 Å². The molecule has 0 fully saturated rings. The molecule has 0 unspecified atom stereocenters. The Kier molecular flexibility index (Phi) is 11.2. The second-order valence-corrected chi connectivity index (χ2v) is 19.9. The molecule has 0 saturated heterocycles. The van der Waals surface area contributed by atoms with Gasteiger partial charge in [-0.3, -0.25) is 0 Å². The molecule has 13 aromatic rings. The second kappa shape index (κ2) is 18.9. The third-order valence-electron chi connectivity index (χ3n) is 15.8. The lowest BCUT2D eigenvalue weighted by Crippen LogP contribution is -2.29. The standard InChI is InChI=1S/C75H51N/c1-6-20-52(21-7-1)55-34-36-57(37-35-55)58-42-45-63(46-43-58)76(74-70-33-19-17-31-66(70)65-30-16-18-32-69(65)73(74)59-40-38-56(39-41-59)53-22-8-2-9-23-53)64-47-49-68-67-48-44-60(54-24-10-3-11-25-54)50-71(67)75(72(68)51-64,61-26-12-4-13-27-61)62-28-14-5-15-29-62/h1-51H. The van der Waals surface area contributed by atoms with Crippen LogP contribution in [0.1, 0.15) is 22.3 Å². The van der Waals surface area contributed by atoms with Crippen LogP contribution in [0.2, 0.25) is 0 Å². The van der Waals surface area contributed by atoms with Crippen LogP contribution in [-0.4, -0.2) is 0 Å². The summed E-state index contributed by atoms with van der Waals surface area (Å²) in [5, 5.41) is 4.82. The SMILES string of the molecule is c1ccc(-c2ccc(-c3ccc(N(c4ccc5c(c4)C(c4ccccc4)(c4ccccc4)c4cc(-c6ccccc6)ccc4-5)c4c(-c5ccc(-c6ccccc6)cc5)c5ccccc5c5ccccc45)cc3)cc2)cc1. The maximum absolute atomic E-state index is 2.55. The van der Waals surface area contributed by atoms with Crippen molar-refractivity contribution in [1.82, 2.24) is 0 Å². The Hall–Kier alpha value is -9.82. The minimum atomic E-state index is -0.642. The second-order valence-electron chi connectivity index (χ2n) is 19.9. The molecule has 13 aromatic carbocycles. The summed E-state index contributed by atoms with van der Waals surface area (Å²) in [5.74, 6) is 0. The number of benzene rings is 13. The minimum Gasteiger partial charge on any atom is -0.309 e. The largest absolute Gasteiger partial charge is 0.309 e. The predicted molar refractivity (Wildman–Crippen MR) is 321 cm³/mol. The average Bonchev–Trinajstić information content (AvgIpc) is 4.03. The van der Waals surface area contributed by atoms with E-state index in [4.69, 9.17) is 0 Å². The van der Waals surface area contributed by atoms with Crippen LogP contribution in [0, 0.1) is 0 Å². The normalized spacial score (nSPS) is 12.3. The Labute approximate surface area is 444 Å². The topological polar surface area (TPSA) is 3.24 Å². The molecule has 356 valence electrons. The van der Waals surface area contributed by atoms with Gasteiger partial charge in [0.2, 0.25) is 0 Å². The van der Waals surface area contributed by atoms with Gasteiger partial charge in [0.15, 0.2) is 0 Å². The molecule has 1 aliphatic rings. The highest BCUT2D eigenvalue weighted by atomic mass is 15.1. The molecule has 0 amide bonds. The molecule has 0 saturated carbocycles. The number of nitrogens with zero attached hydrogens (tertiary/aromatic N) is 1. The Morgan fingerprint density at radius 1 is 0.224 bits per heavy atom. The van der Waals surface area contributed by atoms with Gasteiger partial charge in [0.1, 0.15) is 0 Å². The van der Waals surface area contributed by atoms with E-state index >= 15 is 0 Å². The maximum Gasteiger partial charge on any atom is 0.0714 e. The van der Waals surface area contributed by atoms with Crippen molar-refractivity contribution in [2.45, 2.75) is 5.41 Å². The molecule has 76 heavy (non-hydrogen) atoms. The monoisotopic (exact) mass is 965 g/mol. The molecular formula is C75H51N. The van der Waals surface area contributed by atoms with Crippen molar-refractivity contribution >= 4 is 38.6 Å². The van der Waals surface area contributed by atoms with Crippen molar-refractivity contribution in [2.24, 2.45) is 0 Å². The van der Waals surface area contributed by atoms with Crippen LogP contribution >= 0.6 is 0 Å². The summed E-state index contributed by atoms with van der Waals surface area (Å²) < 4.78 is 0. The molecule has 14 rings (SSSR count). The predicted octanol–water partition coefficient (Wildman–Crippen LogP) is 20.2. The van der Waals surface area contributed by atoms with Gasteiger partial charge < -0.3 is 4.90 Å². The zero-order valence-electron chi connectivity index (χ0n) is 41.9. The first-order valence-corrected chi connectivity index (χ1v) is 26.3. The minimum absolute atomic E-state index is 0.642. The third kappa shape index (κ3) is 7.55. The van der Waals surface area contributed by atoms with Gasteiger partial charge in [0.25, 0.3) is 0 Å². The number of rotatable bonds is 10. The van der Waals surface area contributed by atoms with Gasteiger partial charge in [-0.2, -0.15) is 0 Å². The first kappa shape index (κ1) is 44.8. The van der Waals surface area contributed by atoms with Crippen molar-refractivity contribution in [3.05, 3.63) is 332 Å². The number of anilines is 3. The molecular weight excluding hydrogens is 915 g/mol. The van der Waals surface area contributed by atoms with Gasteiger partial charge in [-0.05, 0) is 130 Å². The van der Waals surface area contributed by atoms with Crippen molar-refractivity contribution in [2.75, 3.05) is 4.90 Å². The van der Waals surface area contributed by atoms with Crippen LogP contribution in [0.15, 0.2) is 309 Å². The molecule has 0 spiro atoms. The van der Waals surface area contributed by atoms with Crippen molar-refractivity contribution in [1.29, 1.82) is 0 Å². The van der Waals surface area contributed by atoms with E-state index in [0.29, 0.717) is 0 Å². The van der Waals surface area contributed by atoms with Crippen LogP contribution in [0.4, 0.5) is 17.1 Å². The Bertz CT molecular complexity index is 4170. The molecule has 0 bridgehead atoms. The molecule has 0 aliphatic heterocycles. The van der Waals surface area contributed by atoms with E-state index < -0.39 is 5.41 Å². The van der Waals surface area contributed by atoms with E-state index in [9.17, 15) is 0 Å². The highest BCUT2D eigenvalue weighted by molar-refractivity contribution is 6.22. The maximum atomic E-state index is 2.55. The fourth-order valence-corrected chi connectivity index (χ4v) is 12.2. The van der Waals surface area contributed by atoms with E-state index in [2.05, 4.69) is 314 Å². The van der Waals surface area contributed by atoms with Crippen LogP contribution in [0.3, 0.4) is 0 Å². The lowest BCUT2D eigenvalue weighted by Gasteiger charge is -2.35. The first-order chi connectivity index (χ1) is 37.7. The molecule has 0 heterocycles. The fourth-order valence-electron chi connectivity index (χ4n) is 12.2. The third-order valence-corrected chi connectivity index (χ3v) is 15.8. The Morgan fingerprint density at radius 3 is 1.05 bits per heavy atom. The summed E-state index contributed by atoms with van der Waals surface area (Å²) >= 11 is 0. The lowest BCUT2D eigenvalue weighted by molar-refractivity contribution is 0.768. The molecule has 0 atom stereocenters. The Morgan fingerprint density at radius 2 is 0.553 bits per heavy atom. The zero-order valence-corrected chi connectivity index (χ0v) is 41.9. The summed E-state index contributed by atoms with van der Waals surface area (Å²) in [6, 6.07) is 114. The van der Waals surface area contributed by atoms with E-state index in [1.165, 1.54) is 99.4 Å². The number of hydrogen-bond acceptors (Lipinski definition) is 1. The van der Waals surface area contributed by atoms with Gasteiger partial charge in [0.05, 0.1) is 11.1 Å². The quantitative estimate of drug-likeness (QED) is 0.123. The first-order valence-electron chi connectivity index (χ1n) is 26.3.